The summed E-state index contributed by atoms with van der Waals surface area (Å²) >= 11 is 0. The Morgan fingerprint density at radius 3 is 2.76 bits per heavy atom. The van der Waals surface area contributed by atoms with Crippen molar-refractivity contribution in [1.29, 1.82) is 0 Å². The predicted molar refractivity (Wildman–Crippen MR) is 92.9 cm³/mol. The molecule has 3 fully saturated rings. The molecule has 0 saturated carbocycles. The van der Waals surface area contributed by atoms with E-state index in [1.165, 1.54) is 0 Å². The number of ether oxygens (including phenoxy) is 1. The average molecular weight is 353 g/mol. The van der Waals surface area contributed by atoms with Crippen molar-refractivity contribution in [3.63, 3.8) is 0 Å². The Morgan fingerprint density at radius 1 is 1.32 bits per heavy atom. The molecule has 142 valence electrons. The highest BCUT2D eigenvalue weighted by atomic mass is 16.5. The molecule has 0 aliphatic carbocycles. The van der Waals surface area contributed by atoms with Gasteiger partial charge in [-0.1, -0.05) is 0 Å². The van der Waals surface area contributed by atoms with Crippen molar-refractivity contribution >= 4 is 11.8 Å². The van der Waals surface area contributed by atoms with E-state index in [9.17, 15) is 14.7 Å². The standard InChI is InChI=1S/C18H31N3O4/c1-25-12-11-20-8-3-14(4-9-20)16(23)21-10-5-15(22)18(13-21)6-2-7-19-17(18)24/h14-15,22H,2-13H2,1H3,(H,19,24)/t15-,18+/m0/s1. The minimum Gasteiger partial charge on any atom is -0.392 e. The number of aliphatic hydroxyl groups excluding tert-OH is 1. The van der Waals surface area contributed by atoms with E-state index in [1.807, 2.05) is 4.90 Å². The van der Waals surface area contributed by atoms with Crippen LogP contribution in [-0.2, 0) is 14.3 Å². The van der Waals surface area contributed by atoms with Crippen LogP contribution in [0.15, 0.2) is 0 Å². The molecule has 1 spiro atoms. The lowest BCUT2D eigenvalue weighted by molar-refractivity contribution is -0.157. The monoisotopic (exact) mass is 353 g/mol. The van der Waals surface area contributed by atoms with E-state index in [0.717, 1.165) is 45.5 Å². The summed E-state index contributed by atoms with van der Waals surface area (Å²) in [6.07, 6.45) is 3.10. The molecule has 3 rings (SSSR count). The molecule has 7 heteroatoms. The van der Waals surface area contributed by atoms with Crippen LogP contribution in [0, 0.1) is 11.3 Å². The molecule has 2 N–H and O–H groups in total. The Bertz CT molecular complexity index is 493. The fourth-order valence-electron chi connectivity index (χ4n) is 4.51. The Kier molecular flexibility index (Phi) is 5.96. The summed E-state index contributed by atoms with van der Waals surface area (Å²) in [7, 11) is 1.71. The maximum atomic E-state index is 13.0. The lowest BCUT2D eigenvalue weighted by Crippen LogP contribution is -2.62. The number of nitrogens with zero attached hydrogens (tertiary/aromatic N) is 2. The summed E-state index contributed by atoms with van der Waals surface area (Å²) in [4.78, 5) is 29.6. The molecule has 0 radical (unpaired) electrons. The van der Waals surface area contributed by atoms with Crippen LogP contribution in [0.3, 0.4) is 0 Å². The van der Waals surface area contributed by atoms with Gasteiger partial charge >= 0.3 is 0 Å². The van der Waals surface area contributed by atoms with Crippen molar-refractivity contribution in [3.8, 4) is 0 Å². The number of methoxy groups -OCH3 is 1. The molecule has 7 nitrogen and oxygen atoms in total. The van der Waals surface area contributed by atoms with Gasteiger partial charge in [0.2, 0.25) is 11.8 Å². The summed E-state index contributed by atoms with van der Waals surface area (Å²) in [6, 6.07) is 0. The maximum Gasteiger partial charge on any atom is 0.230 e. The number of hydrogen-bond acceptors (Lipinski definition) is 5. The quantitative estimate of drug-likeness (QED) is 0.734. The molecule has 0 aromatic rings. The smallest absolute Gasteiger partial charge is 0.230 e. The van der Waals surface area contributed by atoms with E-state index in [2.05, 4.69) is 10.2 Å². The molecule has 0 aromatic carbocycles. The van der Waals surface area contributed by atoms with Gasteiger partial charge in [0.15, 0.2) is 0 Å². The second kappa shape index (κ2) is 8.01. The number of aliphatic hydroxyl groups is 1. The number of carbonyl (C=O) groups is 2. The second-order valence-electron chi connectivity index (χ2n) is 7.69. The van der Waals surface area contributed by atoms with Gasteiger partial charge in [-0.15, -0.1) is 0 Å². The summed E-state index contributed by atoms with van der Waals surface area (Å²) in [5.41, 5.74) is -0.800. The lowest BCUT2D eigenvalue weighted by atomic mass is 9.71. The summed E-state index contributed by atoms with van der Waals surface area (Å²) in [5.74, 6) is 0.118. The van der Waals surface area contributed by atoms with Crippen LogP contribution in [0.2, 0.25) is 0 Å². The van der Waals surface area contributed by atoms with Crippen LogP contribution < -0.4 is 5.32 Å². The number of rotatable bonds is 4. The van der Waals surface area contributed by atoms with Crippen molar-refractivity contribution in [1.82, 2.24) is 15.1 Å². The van der Waals surface area contributed by atoms with Gasteiger partial charge in [0, 0.05) is 39.2 Å². The van der Waals surface area contributed by atoms with E-state index in [1.54, 1.807) is 7.11 Å². The Morgan fingerprint density at radius 2 is 2.08 bits per heavy atom. The van der Waals surface area contributed by atoms with Crippen LogP contribution in [-0.4, -0.2) is 85.8 Å². The second-order valence-corrected chi connectivity index (χ2v) is 7.69. The zero-order chi connectivity index (χ0) is 17.9. The summed E-state index contributed by atoms with van der Waals surface area (Å²) < 4.78 is 5.12. The molecule has 0 bridgehead atoms. The molecular formula is C18H31N3O4. The number of likely N-dealkylation sites (tertiary alicyclic amines) is 2. The van der Waals surface area contributed by atoms with Gasteiger partial charge in [-0.05, 0) is 45.2 Å². The fourth-order valence-corrected chi connectivity index (χ4v) is 4.51. The molecule has 3 saturated heterocycles. The summed E-state index contributed by atoms with van der Waals surface area (Å²) in [6.45, 7) is 5.06. The Labute approximate surface area is 149 Å². The highest BCUT2D eigenvalue weighted by molar-refractivity contribution is 5.86. The normalized spacial score (nSPS) is 32.0. The van der Waals surface area contributed by atoms with Gasteiger partial charge in [-0.2, -0.15) is 0 Å². The SMILES string of the molecule is COCCN1CCC(C(=O)N2CC[C@H](O)[C@@]3(CCCNC3=O)C2)CC1. The topological polar surface area (TPSA) is 82.1 Å². The number of hydrogen-bond donors (Lipinski definition) is 2. The fraction of sp³-hybridized carbons (Fsp3) is 0.889. The zero-order valence-corrected chi connectivity index (χ0v) is 15.2. The van der Waals surface area contributed by atoms with Crippen molar-refractivity contribution < 1.29 is 19.4 Å². The number of piperidine rings is 3. The number of carbonyl (C=O) groups excluding carboxylic acids is 2. The summed E-state index contributed by atoms with van der Waals surface area (Å²) in [5, 5.41) is 13.3. The van der Waals surface area contributed by atoms with Crippen LogP contribution in [0.1, 0.15) is 32.1 Å². The average Bonchev–Trinajstić information content (AvgIpc) is 2.64. The molecule has 2 amide bonds. The largest absolute Gasteiger partial charge is 0.392 e. The minimum absolute atomic E-state index is 0.0396. The van der Waals surface area contributed by atoms with E-state index in [0.29, 0.717) is 32.5 Å². The number of amides is 2. The molecular weight excluding hydrogens is 322 g/mol. The molecule has 2 atom stereocenters. The Hall–Kier alpha value is -1.18. The number of nitrogens with one attached hydrogen (secondary N) is 1. The van der Waals surface area contributed by atoms with Crippen LogP contribution >= 0.6 is 0 Å². The van der Waals surface area contributed by atoms with E-state index >= 15 is 0 Å². The van der Waals surface area contributed by atoms with E-state index < -0.39 is 11.5 Å². The minimum atomic E-state index is -0.800. The lowest BCUT2D eigenvalue weighted by Gasteiger charge is -2.47. The van der Waals surface area contributed by atoms with Gasteiger partial charge in [-0.25, -0.2) is 0 Å². The molecule has 3 aliphatic heterocycles. The zero-order valence-electron chi connectivity index (χ0n) is 15.2. The maximum absolute atomic E-state index is 13.0. The first-order valence-electron chi connectivity index (χ1n) is 9.53. The molecule has 0 unspecified atom stereocenters. The van der Waals surface area contributed by atoms with E-state index in [4.69, 9.17) is 4.74 Å². The van der Waals surface area contributed by atoms with E-state index in [-0.39, 0.29) is 17.7 Å². The van der Waals surface area contributed by atoms with Crippen LogP contribution in [0.4, 0.5) is 0 Å². The van der Waals surface area contributed by atoms with Gasteiger partial charge in [0.05, 0.1) is 18.1 Å². The van der Waals surface area contributed by atoms with Crippen molar-refractivity contribution in [2.45, 2.75) is 38.2 Å². The first kappa shape index (κ1) is 18.6. The first-order valence-corrected chi connectivity index (χ1v) is 9.53. The third kappa shape index (κ3) is 3.83. The predicted octanol–water partition coefficient (Wildman–Crippen LogP) is -0.166. The van der Waals surface area contributed by atoms with Crippen molar-refractivity contribution in [2.75, 3.05) is 53.0 Å². The molecule has 0 aromatic heterocycles. The van der Waals surface area contributed by atoms with Gasteiger partial charge in [0.1, 0.15) is 0 Å². The molecule has 25 heavy (non-hydrogen) atoms. The first-order chi connectivity index (χ1) is 12.1. The highest BCUT2D eigenvalue weighted by Crippen LogP contribution is 2.38. The van der Waals surface area contributed by atoms with Gasteiger partial charge in [-0.3, -0.25) is 9.59 Å². The van der Waals surface area contributed by atoms with Gasteiger partial charge < -0.3 is 25.0 Å². The highest BCUT2D eigenvalue weighted by Gasteiger charge is 2.51. The third-order valence-electron chi connectivity index (χ3n) is 6.18. The third-order valence-corrected chi connectivity index (χ3v) is 6.18. The van der Waals surface area contributed by atoms with Crippen LogP contribution in [0.25, 0.3) is 0 Å². The van der Waals surface area contributed by atoms with Crippen molar-refractivity contribution in [3.05, 3.63) is 0 Å². The van der Waals surface area contributed by atoms with Crippen molar-refractivity contribution in [2.24, 2.45) is 11.3 Å². The molecule has 3 aliphatic rings. The Balaban J connectivity index is 1.58. The van der Waals surface area contributed by atoms with Crippen LogP contribution in [0.5, 0.6) is 0 Å². The van der Waals surface area contributed by atoms with Gasteiger partial charge in [0.25, 0.3) is 0 Å². The molecule has 3 heterocycles.